The van der Waals surface area contributed by atoms with Gasteiger partial charge in [0.05, 0.1) is 27.0 Å². The zero-order valence-electron chi connectivity index (χ0n) is 23.2. The Bertz CT molecular complexity index is 622. The summed E-state index contributed by atoms with van der Waals surface area (Å²) in [6, 6.07) is 1.32. The van der Waals surface area contributed by atoms with Gasteiger partial charge in [-0.05, 0) is 51.2 Å². The predicted octanol–water partition coefficient (Wildman–Crippen LogP) is 6.82. The Kier molecular flexibility index (Phi) is 15.5. The normalized spacial score (nSPS) is 15.9. The Balaban J connectivity index is 4.39. The monoisotopic (exact) mass is 516 g/mol. The number of hydrogen-bond acceptors (Lipinski definition) is 5. The first-order valence-corrected chi connectivity index (χ1v) is 19.2. The first kappa shape index (κ1) is 33.0. The highest BCUT2D eigenvalue weighted by atomic mass is 28.4. The summed E-state index contributed by atoms with van der Waals surface area (Å²) in [6.07, 6.45) is 7.20. The number of carbonyl (C=O) groups excluding carboxylic acids is 1. The molecule has 0 aliphatic carbocycles. The van der Waals surface area contributed by atoms with Gasteiger partial charge in [0.1, 0.15) is 6.61 Å². The molecule has 0 saturated heterocycles. The van der Waals surface area contributed by atoms with E-state index in [0.29, 0.717) is 18.8 Å². The Morgan fingerprint density at radius 3 is 2.26 bits per heavy atom. The molecule has 3 unspecified atom stereocenters. The average molecular weight is 517 g/mol. The minimum Gasteiger partial charge on any atom is -0.481 e. The van der Waals surface area contributed by atoms with E-state index in [4.69, 9.17) is 19.0 Å². The molecule has 1 N–H and O–H groups in total. The molecule has 0 saturated carbocycles. The fourth-order valence-electron chi connectivity index (χ4n) is 4.14. The van der Waals surface area contributed by atoms with Crippen molar-refractivity contribution in [1.82, 2.24) is 0 Å². The lowest BCUT2D eigenvalue weighted by Gasteiger charge is -2.48. The molecule has 0 aliphatic heterocycles. The molecule has 3 atom stereocenters. The van der Waals surface area contributed by atoms with Crippen molar-refractivity contribution in [2.45, 2.75) is 116 Å². The van der Waals surface area contributed by atoms with Crippen molar-refractivity contribution in [3.8, 4) is 0 Å². The Morgan fingerprint density at radius 1 is 1.09 bits per heavy atom. The summed E-state index contributed by atoms with van der Waals surface area (Å²) >= 11 is 0. The zero-order valence-corrected chi connectivity index (χ0v) is 25.2. The minimum absolute atomic E-state index is 0.0118. The maximum Gasteiger partial charge on any atom is 0.307 e. The van der Waals surface area contributed by atoms with Crippen LogP contribution >= 0.6 is 0 Å². The van der Waals surface area contributed by atoms with E-state index in [-0.39, 0.29) is 24.7 Å². The molecule has 6 nitrogen and oxygen atoms in total. The quantitative estimate of drug-likeness (QED) is 0.0827. The van der Waals surface area contributed by atoms with Crippen LogP contribution in [0.4, 0.5) is 0 Å². The third-order valence-electron chi connectivity index (χ3n) is 7.57. The van der Waals surface area contributed by atoms with Crippen LogP contribution in [0.25, 0.3) is 0 Å². The van der Waals surface area contributed by atoms with Crippen LogP contribution in [0.2, 0.25) is 37.8 Å². The number of hydrogen-bond donors (Lipinski definition) is 1. The third kappa shape index (κ3) is 11.6. The van der Waals surface area contributed by atoms with Gasteiger partial charge in [-0.3, -0.25) is 9.59 Å². The zero-order chi connectivity index (χ0) is 26.4. The number of unbranched alkanes of at least 4 members (excludes halogenated alkanes) is 1. The highest BCUT2D eigenvalue weighted by Crippen LogP contribution is 2.39. The van der Waals surface area contributed by atoms with Gasteiger partial charge in [0.2, 0.25) is 0 Å². The molecule has 0 aromatic carbocycles. The highest BCUT2D eigenvalue weighted by molar-refractivity contribution is 6.82. The topological polar surface area (TPSA) is 82.1 Å². The molecule has 0 aliphatic rings. The second-order valence-electron chi connectivity index (χ2n) is 10.9. The van der Waals surface area contributed by atoms with Gasteiger partial charge in [-0.2, -0.15) is 0 Å². The summed E-state index contributed by atoms with van der Waals surface area (Å²) < 4.78 is 17.8. The molecule has 0 radical (unpaired) electrons. The lowest BCUT2D eigenvalue weighted by molar-refractivity contribution is -0.152. The molecular formula is C26H52O6Si2. The van der Waals surface area contributed by atoms with Gasteiger partial charge in [-0.25, -0.2) is 0 Å². The smallest absolute Gasteiger partial charge is 0.307 e. The van der Waals surface area contributed by atoms with Gasteiger partial charge < -0.3 is 19.0 Å². The number of aliphatic carboxylic acids is 1. The van der Waals surface area contributed by atoms with Crippen LogP contribution in [-0.4, -0.2) is 58.5 Å². The van der Waals surface area contributed by atoms with E-state index in [1.165, 1.54) is 25.0 Å². The number of carboxylic acid groups (broad SMARTS) is 1. The maximum absolute atomic E-state index is 11.8. The fraction of sp³-hybridized carbons (Fsp3) is 0.846. The molecule has 0 amide bonds. The van der Waals surface area contributed by atoms with Crippen LogP contribution in [0.1, 0.15) is 72.6 Å². The van der Waals surface area contributed by atoms with Crippen molar-refractivity contribution in [2.75, 3.05) is 19.8 Å². The minimum atomic E-state index is -1.88. The van der Waals surface area contributed by atoms with Crippen molar-refractivity contribution in [3.05, 3.63) is 12.7 Å². The van der Waals surface area contributed by atoms with Crippen molar-refractivity contribution in [2.24, 2.45) is 5.92 Å². The van der Waals surface area contributed by atoms with Crippen LogP contribution in [0.3, 0.4) is 0 Å². The van der Waals surface area contributed by atoms with Crippen LogP contribution < -0.4 is 0 Å². The van der Waals surface area contributed by atoms with Crippen molar-refractivity contribution < 1.29 is 28.6 Å². The first-order chi connectivity index (χ1) is 15.8. The van der Waals surface area contributed by atoms with Crippen molar-refractivity contribution in [3.63, 3.8) is 0 Å². The average Bonchev–Trinajstić information content (AvgIpc) is 2.75. The SMILES string of the molecule is C=CCC(CC(=O)OCCOCCCC(C)[Si](C)(C)OC(C)(CC)[Si](C)(C)CCCC)C(=O)O. The molecule has 8 heteroatoms. The Labute approximate surface area is 211 Å². The predicted molar refractivity (Wildman–Crippen MR) is 145 cm³/mol. The lowest BCUT2D eigenvalue weighted by Crippen LogP contribution is -2.59. The Morgan fingerprint density at radius 2 is 1.74 bits per heavy atom. The summed E-state index contributed by atoms with van der Waals surface area (Å²) in [4.78, 5) is 22.9. The summed E-state index contributed by atoms with van der Waals surface area (Å²) in [6.45, 7) is 23.5. The van der Waals surface area contributed by atoms with Crippen LogP contribution in [0.5, 0.6) is 0 Å². The van der Waals surface area contributed by atoms with Gasteiger partial charge in [-0.15, -0.1) is 6.58 Å². The van der Waals surface area contributed by atoms with Gasteiger partial charge in [0.15, 0.2) is 8.32 Å². The molecule has 200 valence electrons. The van der Waals surface area contributed by atoms with E-state index in [1.807, 2.05) is 0 Å². The molecule has 0 spiro atoms. The number of carbonyl (C=O) groups is 2. The third-order valence-corrected chi connectivity index (χ3v) is 16.3. The summed E-state index contributed by atoms with van der Waals surface area (Å²) in [5.41, 5.74) is 0.522. The van der Waals surface area contributed by atoms with Crippen LogP contribution in [-0.2, 0) is 23.5 Å². The lowest BCUT2D eigenvalue weighted by atomic mass is 10.0. The van der Waals surface area contributed by atoms with Crippen LogP contribution in [0.15, 0.2) is 12.7 Å². The number of rotatable bonds is 20. The number of ether oxygens (including phenoxy) is 2. The van der Waals surface area contributed by atoms with Gasteiger partial charge in [0.25, 0.3) is 0 Å². The van der Waals surface area contributed by atoms with E-state index in [2.05, 4.69) is 60.5 Å². The van der Waals surface area contributed by atoms with Crippen molar-refractivity contribution in [1.29, 1.82) is 0 Å². The molecule has 0 bridgehead atoms. The molecule has 0 aromatic heterocycles. The largest absolute Gasteiger partial charge is 0.481 e. The molecular weight excluding hydrogens is 464 g/mol. The number of esters is 1. The summed E-state index contributed by atoms with van der Waals surface area (Å²) in [5.74, 6) is -2.30. The molecule has 0 rings (SSSR count). The second-order valence-corrected chi connectivity index (χ2v) is 20.6. The van der Waals surface area contributed by atoms with E-state index in [0.717, 1.165) is 19.3 Å². The standard InChI is InChI=1S/C26H52O6Si2/c1-10-13-20-33(6,7)26(5,12-3)32-34(8,9)22(4)16-14-17-30-18-19-31-24(27)21-23(15-11-2)25(28)29/h11,22-23H,2,10,12-21H2,1,3-9H3,(H,28,29). The maximum atomic E-state index is 11.8. The molecule has 0 aromatic rings. The first-order valence-electron chi connectivity index (χ1n) is 13.0. The van der Waals surface area contributed by atoms with Crippen molar-refractivity contribution >= 4 is 28.3 Å². The van der Waals surface area contributed by atoms with E-state index < -0.39 is 34.2 Å². The second kappa shape index (κ2) is 15.9. The van der Waals surface area contributed by atoms with E-state index in [1.54, 1.807) is 0 Å². The summed E-state index contributed by atoms with van der Waals surface area (Å²) in [5, 5.41) is 9.10. The molecule has 34 heavy (non-hydrogen) atoms. The molecule has 0 heterocycles. The fourth-order valence-corrected chi connectivity index (χ4v) is 11.2. The van der Waals surface area contributed by atoms with Crippen LogP contribution in [0, 0.1) is 5.92 Å². The van der Waals surface area contributed by atoms with E-state index >= 15 is 0 Å². The van der Waals surface area contributed by atoms with Gasteiger partial charge >= 0.3 is 11.9 Å². The number of allylic oxidation sites excluding steroid dienone is 1. The van der Waals surface area contributed by atoms with Gasteiger partial charge in [0, 0.05) is 11.8 Å². The number of carboxylic acids is 1. The highest BCUT2D eigenvalue weighted by Gasteiger charge is 2.46. The van der Waals surface area contributed by atoms with Gasteiger partial charge in [-0.1, -0.05) is 58.8 Å². The van der Waals surface area contributed by atoms with E-state index in [9.17, 15) is 9.59 Å². The molecule has 0 fully saturated rings. The summed E-state index contributed by atoms with van der Waals surface area (Å²) in [7, 11) is -3.39. The Hall–Kier alpha value is -0.966.